The van der Waals surface area contributed by atoms with Crippen molar-refractivity contribution in [2.75, 3.05) is 0 Å². The van der Waals surface area contributed by atoms with Gasteiger partial charge in [-0.05, 0) is 65.1 Å². The minimum atomic E-state index is -0.911. The monoisotopic (exact) mass is 444 g/mol. The zero-order valence-electron chi connectivity index (χ0n) is 11.2. The van der Waals surface area contributed by atoms with Crippen LogP contribution >= 0.6 is 46.0 Å². The van der Waals surface area contributed by atoms with Crippen LogP contribution < -0.4 is 0 Å². The smallest absolute Gasteiger partial charge is 0.325 e. The molecule has 22 heavy (non-hydrogen) atoms. The summed E-state index contributed by atoms with van der Waals surface area (Å²) in [6, 6.07) is 13.3. The van der Waals surface area contributed by atoms with E-state index in [0.29, 0.717) is 5.02 Å². The van der Waals surface area contributed by atoms with Gasteiger partial charge in [-0.1, -0.05) is 23.4 Å². The number of carbonyl (C=O) groups is 1. The summed E-state index contributed by atoms with van der Waals surface area (Å²) >= 11 is 9.63. The van der Waals surface area contributed by atoms with Crippen molar-refractivity contribution < 1.29 is 9.90 Å². The molecule has 0 radical (unpaired) electrons. The molecular formula is C15H10ClIN2O2S. The molecule has 0 unspecified atom stereocenters. The van der Waals surface area contributed by atoms with Gasteiger partial charge in [0.2, 0.25) is 0 Å². The van der Waals surface area contributed by atoms with Crippen LogP contribution in [0.4, 0.5) is 0 Å². The normalized spacial score (nSPS) is 11.0. The number of fused-ring (bicyclic) bond motifs is 1. The standard InChI is InChI=1S/C15H10ClIN2O2S/c16-9-1-4-11(5-2-9)22-15-12-7-10(17)3-6-13(12)19(18-15)8-14(20)21/h1-7H,8H2,(H,20,21). The zero-order valence-corrected chi connectivity index (χ0v) is 14.9. The largest absolute Gasteiger partial charge is 0.480 e. The van der Waals surface area contributed by atoms with Crippen molar-refractivity contribution in [1.82, 2.24) is 9.78 Å². The third kappa shape index (κ3) is 3.39. The van der Waals surface area contributed by atoms with Crippen LogP contribution in [0.5, 0.6) is 0 Å². The molecule has 0 fully saturated rings. The van der Waals surface area contributed by atoms with Gasteiger partial charge >= 0.3 is 5.97 Å². The SMILES string of the molecule is O=C(O)Cn1nc(Sc2ccc(Cl)cc2)c2cc(I)ccc21. The second kappa shape index (κ2) is 6.47. The van der Waals surface area contributed by atoms with Gasteiger partial charge in [0.05, 0.1) is 5.52 Å². The number of halogens is 2. The van der Waals surface area contributed by atoms with Gasteiger partial charge in [0.25, 0.3) is 0 Å². The maximum atomic E-state index is 11.0. The Morgan fingerprint density at radius 3 is 2.68 bits per heavy atom. The summed E-state index contributed by atoms with van der Waals surface area (Å²) in [5.74, 6) is -0.911. The van der Waals surface area contributed by atoms with Gasteiger partial charge in [-0.2, -0.15) is 5.10 Å². The van der Waals surface area contributed by atoms with E-state index in [2.05, 4.69) is 27.7 Å². The molecule has 0 aliphatic carbocycles. The van der Waals surface area contributed by atoms with E-state index in [-0.39, 0.29) is 6.54 Å². The lowest BCUT2D eigenvalue weighted by Crippen LogP contribution is -2.09. The molecule has 0 amide bonds. The van der Waals surface area contributed by atoms with E-state index in [4.69, 9.17) is 16.7 Å². The van der Waals surface area contributed by atoms with Crippen molar-refractivity contribution in [2.45, 2.75) is 16.5 Å². The molecule has 0 saturated carbocycles. The molecule has 3 rings (SSSR count). The van der Waals surface area contributed by atoms with E-state index in [1.165, 1.54) is 16.4 Å². The van der Waals surface area contributed by atoms with Crippen LogP contribution in [0.3, 0.4) is 0 Å². The molecule has 4 nitrogen and oxygen atoms in total. The Bertz CT molecular complexity index is 849. The van der Waals surface area contributed by atoms with Crippen molar-refractivity contribution in [3.63, 3.8) is 0 Å². The number of carboxylic acid groups (broad SMARTS) is 1. The fraction of sp³-hybridized carbons (Fsp3) is 0.0667. The number of carboxylic acids is 1. The highest BCUT2D eigenvalue weighted by Crippen LogP contribution is 2.34. The summed E-state index contributed by atoms with van der Waals surface area (Å²) in [7, 11) is 0. The molecular weight excluding hydrogens is 435 g/mol. The second-order valence-electron chi connectivity index (χ2n) is 4.57. The first-order valence-corrected chi connectivity index (χ1v) is 8.61. The van der Waals surface area contributed by atoms with Gasteiger partial charge in [0, 0.05) is 18.9 Å². The molecule has 0 spiro atoms. The number of hydrogen-bond donors (Lipinski definition) is 1. The highest BCUT2D eigenvalue weighted by molar-refractivity contribution is 14.1. The number of benzene rings is 2. The topological polar surface area (TPSA) is 55.1 Å². The maximum Gasteiger partial charge on any atom is 0.325 e. The Hall–Kier alpha value is -1.25. The summed E-state index contributed by atoms with van der Waals surface area (Å²) in [6.07, 6.45) is 0. The molecule has 2 aromatic carbocycles. The lowest BCUT2D eigenvalue weighted by atomic mass is 10.2. The molecule has 1 N–H and O–H groups in total. The van der Waals surface area contributed by atoms with Crippen LogP contribution in [0, 0.1) is 3.57 Å². The van der Waals surface area contributed by atoms with Crippen LogP contribution in [0.1, 0.15) is 0 Å². The predicted molar refractivity (Wildman–Crippen MR) is 95.7 cm³/mol. The zero-order chi connectivity index (χ0) is 15.7. The molecule has 0 aliphatic rings. The lowest BCUT2D eigenvalue weighted by molar-refractivity contribution is -0.137. The quantitative estimate of drug-likeness (QED) is 0.601. The number of aromatic nitrogens is 2. The third-order valence-corrected chi connectivity index (χ3v) is 4.92. The highest BCUT2D eigenvalue weighted by Gasteiger charge is 2.14. The minimum Gasteiger partial charge on any atom is -0.480 e. The lowest BCUT2D eigenvalue weighted by Gasteiger charge is -1.99. The van der Waals surface area contributed by atoms with Gasteiger partial charge < -0.3 is 5.11 Å². The first-order chi connectivity index (χ1) is 10.5. The van der Waals surface area contributed by atoms with Crippen LogP contribution in [0.15, 0.2) is 52.4 Å². The van der Waals surface area contributed by atoms with Crippen molar-refractivity contribution in [1.29, 1.82) is 0 Å². The molecule has 1 heterocycles. The van der Waals surface area contributed by atoms with Crippen LogP contribution in [-0.4, -0.2) is 20.9 Å². The van der Waals surface area contributed by atoms with Gasteiger partial charge in [0.15, 0.2) is 0 Å². The van der Waals surface area contributed by atoms with Gasteiger partial charge in [-0.15, -0.1) is 0 Å². The maximum absolute atomic E-state index is 11.0. The van der Waals surface area contributed by atoms with Gasteiger partial charge in [0.1, 0.15) is 11.6 Å². The van der Waals surface area contributed by atoms with Gasteiger partial charge in [-0.3, -0.25) is 9.48 Å². The molecule has 0 bridgehead atoms. The second-order valence-corrected chi connectivity index (χ2v) is 7.32. The molecule has 112 valence electrons. The summed E-state index contributed by atoms with van der Waals surface area (Å²) in [5.41, 5.74) is 0.819. The fourth-order valence-electron chi connectivity index (χ4n) is 2.06. The van der Waals surface area contributed by atoms with E-state index in [0.717, 1.165) is 24.4 Å². The van der Waals surface area contributed by atoms with Crippen LogP contribution in [0.2, 0.25) is 5.02 Å². The average Bonchev–Trinajstić information content (AvgIpc) is 2.78. The van der Waals surface area contributed by atoms with E-state index in [1.54, 1.807) is 0 Å². The Morgan fingerprint density at radius 2 is 2.00 bits per heavy atom. The Kier molecular flexibility index (Phi) is 4.60. The van der Waals surface area contributed by atoms with Crippen molar-refractivity contribution in [3.8, 4) is 0 Å². The highest BCUT2D eigenvalue weighted by atomic mass is 127. The van der Waals surface area contributed by atoms with Crippen molar-refractivity contribution >= 4 is 62.8 Å². The third-order valence-electron chi connectivity index (χ3n) is 2.99. The van der Waals surface area contributed by atoms with E-state index < -0.39 is 5.97 Å². The molecule has 1 aromatic heterocycles. The average molecular weight is 445 g/mol. The van der Waals surface area contributed by atoms with Crippen LogP contribution in [-0.2, 0) is 11.3 Å². The van der Waals surface area contributed by atoms with Crippen LogP contribution in [0.25, 0.3) is 10.9 Å². The Morgan fingerprint density at radius 1 is 1.27 bits per heavy atom. The molecule has 7 heteroatoms. The first kappa shape index (κ1) is 15.6. The van der Waals surface area contributed by atoms with Crippen molar-refractivity contribution in [3.05, 3.63) is 51.1 Å². The van der Waals surface area contributed by atoms with Crippen molar-refractivity contribution in [2.24, 2.45) is 0 Å². The summed E-state index contributed by atoms with van der Waals surface area (Å²) in [4.78, 5) is 12.0. The number of aliphatic carboxylic acids is 1. The summed E-state index contributed by atoms with van der Waals surface area (Å²) in [6.45, 7) is -0.154. The van der Waals surface area contributed by atoms with E-state index in [9.17, 15) is 4.79 Å². The number of rotatable bonds is 4. The Balaban J connectivity index is 2.05. The number of nitrogens with zero attached hydrogens (tertiary/aromatic N) is 2. The predicted octanol–water partition coefficient (Wildman–Crippen LogP) is 4.53. The summed E-state index contributed by atoms with van der Waals surface area (Å²) < 4.78 is 2.60. The Labute approximate surface area is 149 Å². The summed E-state index contributed by atoms with van der Waals surface area (Å²) in [5, 5.41) is 15.9. The number of hydrogen-bond acceptors (Lipinski definition) is 3. The van der Waals surface area contributed by atoms with E-state index >= 15 is 0 Å². The van der Waals surface area contributed by atoms with Gasteiger partial charge in [-0.25, -0.2) is 0 Å². The molecule has 0 atom stereocenters. The fourth-order valence-corrected chi connectivity index (χ4v) is 3.59. The molecule has 3 aromatic rings. The molecule has 0 aliphatic heterocycles. The molecule has 0 saturated heterocycles. The van der Waals surface area contributed by atoms with E-state index in [1.807, 2.05) is 42.5 Å². The first-order valence-electron chi connectivity index (χ1n) is 6.34. The minimum absolute atomic E-state index is 0.154.